The van der Waals surface area contributed by atoms with Gasteiger partial charge in [-0.1, -0.05) is 50.6 Å². The van der Waals surface area contributed by atoms with Gasteiger partial charge in [-0.3, -0.25) is 4.79 Å². The number of carbonyl (C=O) groups excluding carboxylic acids is 1. The highest BCUT2D eigenvalue weighted by atomic mass is 16.2. The Labute approximate surface area is 110 Å². The summed E-state index contributed by atoms with van der Waals surface area (Å²) < 4.78 is 0. The summed E-state index contributed by atoms with van der Waals surface area (Å²) in [5.41, 5.74) is 8.16. The van der Waals surface area contributed by atoms with Crippen LogP contribution in [0.25, 0.3) is 0 Å². The lowest BCUT2D eigenvalue weighted by atomic mass is 9.87. The highest BCUT2D eigenvalue weighted by molar-refractivity contribution is 5.82. The summed E-state index contributed by atoms with van der Waals surface area (Å²) in [5, 5.41) is 2.89. The Balaban J connectivity index is 2.41. The van der Waals surface area contributed by atoms with Crippen LogP contribution in [-0.2, 0) is 11.2 Å². The van der Waals surface area contributed by atoms with E-state index in [1.807, 2.05) is 26.8 Å². The minimum Gasteiger partial charge on any atom is -0.354 e. The van der Waals surface area contributed by atoms with Crippen molar-refractivity contribution in [2.45, 2.75) is 40.2 Å². The summed E-state index contributed by atoms with van der Waals surface area (Å²) >= 11 is 0. The molecule has 1 aromatic carbocycles. The molecule has 1 unspecified atom stereocenters. The topological polar surface area (TPSA) is 55.1 Å². The smallest absolute Gasteiger partial charge is 0.237 e. The van der Waals surface area contributed by atoms with Gasteiger partial charge >= 0.3 is 0 Å². The molecule has 0 saturated heterocycles. The Morgan fingerprint density at radius 2 is 2.06 bits per heavy atom. The SMILES string of the molecule is Cc1cccc(CCNC(=O)C(N)C(C)(C)C)c1. The molecule has 0 saturated carbocycles. The summed E-state index contributed by atoms with van der Waals surface area (Å²) in [6, 6.07) is 7.85. The van der Waals surface area contributed by atoms with Crippen LogP contribution in [0.2, 0.25) is 0 Å². The fraction of sp³-hybridized carbons (Fsp3) is 0.533. The van der Waals surface area contributed by atoms with Gasteiger partial charge in [0.2, 0.25) is 5.91 Å². The number of nitrogens with one attached hydrogen (secondary N) is 1. The Bertz CT molecular complexity index is 407. The van der Waals surface area contributed by atoms with Crippen LogP contribution < -0.4 is 11.1 Å². The van der Waals surface area contributed by atoms with E-state index in [4.69, 9.17) is 5.73 Å². The van der Waals surface area contributed by atoms with Crippen LogP contribution in [0.4, 0.5) is 0 Å². The van der Waals surface area contributed by atoms with E-state index in [9.17, 15) is 4.79 Å². The van der Waals surface area contributed by atoms with Gasteiger partial charge in [-0.05, 0) is 24.3 Å². The number of rotatable bonds is 4. The third-order valence-corrected chi connectivity index (χ3v) is 3.01. The highest BCUT2D eigenvalue weighted by Crippen LogP contribution is 2.17. The molecule has 100 valence electrons. The molecule has 0 aliphatic heterocycles. The number of carbonyl (C=O) groups is 1. The first-order valence-corrected chi connectivity index (χ1v) is 6.39. The first-order valence-electron chi connectivity index (χ1n) is 6.39. The monoisotopic (exact) mass is 248 g/mol. The molecular weight excluding hydrogens is 224 g/mol. The standard InChI is InChI=1S/C15H24N2O/c1-11-6-5-7-12(10-11)8-9-17-14(18)13(16)15(2,3)4/h5-7,10,13H,8-9,16H2,1-4H3,(H,17,18). The average Bonchev–Trinajstić information content (AvgIpc) is 2.26. The summed E-state index contributed by atoms with van der Waals surface area (Å²) in [4.78, 5) is 11.8. The maximum absolute atomic E-state index is 11.8. The van der Waals surface area contributed by atoms with Crippen molar-refractivity contribution in [3.63, 3.8) is 0 Å². The van der Waals surface area contributed by atoms with Gasteiger partial charge < -0.3 is 11.1 Å². The molecular formula is C15H24N2O. The minimum atomic E-state index is -0.463. The van der Waals surface area contributed by atoms with Crippen LogP contribution >= 0.6 is 0 Å². The number of benzene rings is 1. The fourth-order valence-electron chi connectivity index (χ4n) is 1.70. The van der Waals surface area contributed by atoms with Crippen molar-refractivity contribution in [1.29, 1.82) is 0 Å². The maximum atomic E-state index is 11.8. The number of hydrogen-bond donors (Lipinski definition) is 2. The molecule has 1 atom stereocenters. The Kier molecular flexibility index (Phi) is 4.91. The van der Waals surface area contributed by atoms with E-state index in [2.05, 4.69) is 30.4 Å². The maximum Gasteiger partial charge on any atom is 0.237 e. The quantitative estimate of drug-likeness (QED) is 0.856. The van der Waals surface area contributed by atoms with E-state index in [0.29, 0.717) is 6.54 Å². The first-order chi connectivity index (χ1) is 8.30. The first kappa shape index (κ1) is 14.7. The molecule has 1 rings (SSSR count). The van der Waals surface area contributed by atoms with E-state index in [-0.39, 0.29) is 11.3 Å². The summed E-state index contributed by atoms with van der Waals surface area (Å²) in [6.45, 7) is 8.61. The Morgan fingerprint density at radius 3 is 2.61 bits per heavy atom. The molecule has 0 aliphatic carbocycles. The van der Waals surface area contributed by atoms with Crippen LogP contribution in [0.3, 0.4) is 0 Å². The number of aryl methyl sites for hydroxylation is 1. The number of hydrogen-bond acceptors (Lipinski definition) is 2. The van der Waals surface area contributed by atoms with Gasteiger partial charge in [0.05, 0.1) is 6.04 Å². The summed E-state index contributed by atoms with van der Waals surface area (Å²) in [5.74, 6) is -0.0739. The van der Waals surface area contributed by atoms with E-state index in [0.717, 1.165) is 6.42 Å². The zero-order valence-electron chi connectivity index (χ0n) is 11.8. The van der Waals surface area contributed by atoms with Crippen LogP contribution in [0.5, 0.6) is 0 Å². The zero-order chi connectivity index (χ0) is 13.8. The zero-order valence-corrected chi connectivity index (χ0v) is 11.8. The van der Waals surface area contributed by atoms with Gasteiger partial charge in [-0.15, -0.1) is 0 Å². The van der Waals surface area contributed by atoms with E-state index < -0.39 is 6.04 Å². The lowest BCUT2D eigenvalue weighted by Gasteiger charge is -2.25. The van der Waals surface area contributed by atoms with Crippen molar-refractivity contribution in [3.05, 3.63) is 35.4 Å². The molecule has 3 heteroatoms. The molecule has 18 heavy (non-hydrogen) atoms. The van der Waals surface area contributed by atoms with Gasteiger partial charge in [0.25, 0.3) is 0 Å². The van der Waals surface area contributed by atoms with Crippen LogP contribution in [0.1, 0.15) is 31.9 Å². The molecule has 0 radical (unpaired) electrons. The van der Waals surface area contributed by atoms with Crippen molar-refractivity contribution in [2.75, 3.05) is 6.54 Å². The summed E-state index contributed by atoms with van der Waals surface area (Å²) in [7, 11) is 0. The normalized spacial score (nSPS) is 13.2. The van der Waals surface area contributed by atoms with Crippen LogP contribution in [0.15, 0.2) is 24.3 Å². The molecule has 0 spiro atoms. The lowest BCUT2D eigenvalue weighted by Crippen LogP contribution is -2.48. The third-order valence-electron chi connectivity index (χ3n) is 3.01. The Hall–Kier alpha value is -1.35. The van der Waals surface area contributed by atoms with Gasteiger partial charge in [0.1, 0.15) is 0 Å². The average molecular weight is 248 g/mol. The second-order valence-electron chi connectivity index (χ2n) is 5.87. The summed E-state index contributed by atoms with van der Waals surface area (Å²) in [6.07, 6.45) is 0.838. The van der Waals surface area contributed by atoms with Crippen molar-refractivity contribution in [3.8, 4) is 0 Å². The molecule has 0 bridgehead atoms. The number of amides is 1. The van der Waals surface area contributed by atoms with Gasteiger partial charge in [-0.25, -0.2) is 0 Å². The predicted molar refractivity (Wildman–Crippen MR) is 75.3 cm³/mol. The van der Waals surface area contributed by atoms with Crippen molar-refractivity contribution >= 4 is 5.91 Å². The van der Waals surface area contributed by atoms with Gasteiger partial charge in [0.15, 0.2) is 0 Å². The van der Waals surface area contributed by atoms with Crippen LogP contribution in [0, 0.1) is 12.3 Å². The van der Waals surface area contributed by atoms with E-state index in [1.165, 1.54) is 11.1 Å². The highest BCUT2D eigenvalue weighted by Gasteiger charge is 2.26. The largest absolute Gasteiger partial charge is 0.354 e. The minimum absolute atomic E-state index is 0.0739. The Morgan fingerprint density at radius 1 is 1.39 bits per heavy atom. The molecule has 3 nitrogen and oxygen atoms in total. The van der Waals surface area contributed by atoms with Gasteiger partial charge in [0, 0.05) is 6.54 Å². The van der Waals surface area contributed by atoms with E-state index >= 15 is 0 Å². The third kappa shape index (κ3) is 4.49. The molecule has 0 heterocycles. The molecule has 0 fully saturated rings. The van der Waals surface area contributed by atoms with Crippen molar-refractivity contribution in [2.24, 2.45) is 11.1 Å². The number of nitrogens with two attached hydrogens (primary N) is 1. The second-order valence-corrected chi connectivity index (χ2v) is 5.87. The van der Waals surface area contributed by atoms with Crippen LogP contribution in [-0.4, -0.2) is 18.5 Å². The second kappa shape index (κ2) is 6.01. The molecule has 1 amide bonds. The van der Waals surface area contributed by atoms with E-state index in [1.54, 1.807) is 0 Å². The molecule has 0 aliphatic rings. The predicted octanol–water partition coefficient (Wildman–Crippen LogP) is 2.03. The molecule has 3 N–H and O–H groups in total. The van der Waals surface area contributed by atoms with Crippen molar-refractivity contribution < 1.29 is 4.79 Å². The molecule has 0 aromatic heterocycles. The van der Waals surface area contributed by atoms with Gasteiger partial charge in [-0.2, -0.15) is 0 Å². The fourth-order valence-corrected chi connectivity index (χ4v) is 1.70. The molecule has 1 aromatic rings. The lowest BCUT2D eigenvalue weighted by molar-refractivity contribution is -0.124. The van der Waals surface area contributed by atoms with Crippen molar-refractivity contribution in [1.82, 2.24) is 5.32 Å².